The average molecular weight is 566 g/mol. The second kappa shape index (κ2) is 11.5. The second-order valence-electron chi connectivity index (χ2n) is 11.7. The number of aromatic nitrogens is 2. The van der Waals surface area contributed by atoms with Crippen molar-refractivity contribution >= 4 is 34.1 Å². The van der Waals surface area contributed by atoms with Crippen molar-refractivity contribution in [2.75, 3.05) is 29.9 Å². The Balaban J connectivity index is 1.50. The summed E-state index contributed by atoms with van der Waals surface area (Å²) in [5.74, 6) is -0.423. The van der Waals surface area contributed by atoms with E-state index in [2.05, 4.69) is 16.0 Å². The van der Waals surface area contributed by atoms with Crippen molar-refractivity contribution in [3.05, 3.63) is 99.6 Å². The molecule has 2 aromatic carbocycles. The zero-order chi connectivity index (χ0) is 30.2. The van der Waals surface area contributed by atoms with E-state index < -0.39 is 5.41 Å². The van der Waals surface area contributed by atoms with Crippen LogP contribution in [0, 0.1) is 19.3 Å². The zero-order valence-electron chi connectivity index (χ0n) is 25.3. The zero-order valence-corrected chi connectivity index (χ0v) is 25.3. The Morgan fingerprint density at radius 2 is 1.62 bits per heavy atom. The third-order valence-electron chi connectivity index (χ3n) is 8.30. The predicted molar refractivity (Wildman–Crippen MR) is 168 cm³/mol. The summed E-state index contributed by atoms with van der Waals surface area (Å²) in [4.78, 5) is 49.9. The molecule has 8 nitrogen and oxygen atoms in total. The molecule has 5 rings (SSSR count). The molecule has 1 aliphatic heterocycles. The number of pyridine rings is 2. The van der Waals surface area contributed by atoms with Crippen molar-refractivity contribution < 1.29 is 9.59 Å². The molecule has 0 unspecified atom stereocenters. The molecule has 0 aliphatic carbocycles. The Labute approximate surface area is 247 Å². The lowest BCUT2D eigenvalue weighted by Crippen LogP contribution is -2.47. The van der Waals surface area contributed by atoms with Gasteiger partial charge in [-0.3, -0.25) is 24.3 Å². The normalized spacial score (nSPS) is 14.9. The van der Waals surface area contributed by atoms with Gasteiger partial charge in [-0.2, -0.15) is 0 Å². The van der Waals surface area contributed by atoms with Gasteiger partial charge in [-0.15, -0.1) is 0 Å². The van der Waals surface area contributed by atoms with Crippen LogP contribution in [-0.4, -0.2) is 46.4 Å². The van der Waals surface area contributed by atoms with Crippen molar-refractivity contribution in [2.45, 2.75) is 54.3 Å². The number of anilines is 2. The molecular weight excluding hydrogens is 526 g/mol. The van der Waals surface area contributed by atoms with E-state index in [4.69, 9.17) is 0 Å². The van der Waals surface area contributed by atoms with Crippen LogP contribution in [-0.2, 0) is 29.2 Å². The van der Waals surface area contributed by atoms with Gasteiger partial charge >= 0.3 is 0 Å². The summed E-state index contributed by atoms with van der Waals surface area (Å²) in [6.07, 6.45) is 0. The van der Waals surface area contributed by atoms with E-state index in [0.717, 1.165) is 44.8 Å². The summed E-state index contributed by atoms with van der Waals surface area (Å²) in [6, 6.07) is 21.6. The fourth-order valence-corrected chi connectivity index (χ4v) is 5.86. The van der Waals surface area contributed by atoms with Crippen molar-refractivity contribution in [3.8, 4) is 0 Å². The monoisotopic (exact) mass is 565 g/mol. The van der Waals surface area contributed by atoms with Gasteiger partial charge in [0, 0.05) is 57.2 Å². The highest BCUT2D eigenvalue weighted by molar-refractivity contribution is 6.19. The van der Waals surface area contributed by atoms with Gasteiger partial charge in [-0.25, -0.2) is 0 Å². The van der Waals surface area contributed by atoms with Gasteiger partial charge in [-0.05, 0) is 81.5 Å². The minimum Gasteiger partial charge on any atom is -0.313 e. The van der Waals surface area contributed by atoms with Crippen molar-refractivity contribution in [1.82, 2.24) is 14.5 Å². The quantitative estimate of drug-likeness (QED) is 0.279. The van der Waals surface area contributed by atoms with Crippen LogP contribution in [0.2, 0.25) is 0 Å². The molecule has 42 heavy (non-hydrogen) atoms. The molecule has 8 heteroatoms. The summed E-state index contributed by atoms with van der Waals surface area (Å²) in [5.41, 5.74) is 5.27. The molecule has 4 aromatic rings. The number of carbonyl (C=O) groups is 2. The molecule has 0 saturated carbocycles. The van der Waals surface area contributed by atoms with Crippen molar-refractivity contribution in [2.24, 2.45) is 5.41 Å². The summed E-state index contributed by atoms with van der Waals surface area (Å²) < 4.78 is 1.83. The summed E-state index contributed by atoms with van der Waals surface area (Å²) >= 11 is 0. The van der Waals surface area contributed by atoms with E-state index in [-0.39, 0.29) is 17.4 Å². The van der Waals surface area contributed by atoms with Crippen LogP contribution in [0.1, 0.15) is 43.3 Å². The first-order valence-electron chi connectivity index (χ1n) is 14.5. The molecule has 0 spiro atoms. The SMILES string of the molecule is CCN1C(=O)C(C)(C)C(=O)N(C)c2cc(CN(CCn3c(=O)ccc4ccccc43)Cc3ccc(C)nc3C)ccc21. The molecule has 0 saturated heterocycles. The number of hydrogen-bond acceptors (Lipinski definition) is 5. The fourth-order valence-electron chi connectivity index (χ4n) is 5.86. The van der Waals surface area contributed by atoms with Crippen LogP contribution in [0.4, 0.5) is 11.4 Å². The van der Waals surface area contributed by atoms with Crippen LogP contribution in [0.15, 0.2) is 71.5 Å². The third-order valence-corrected chi connectivity index (χ3v) is 8.30. The average Bonchev–Trinajstić information content (AvgIpc) is 3.02. The van der Waals surface area contributed by atoms with Crippen molar-refractivity contribution in [1.29, 1.82) is 0 Å². The number of hydrogen-bond donors (Lipinski definition) is 0. The Morgan fingerprint density at radius 3 is 2.36 bits per heavy atom. The molecular formula is C34H39N5O3. The van der Waals surface area contributed by atoms with Crippen molar-refractivity contribution in [3.63, 3.8) is 0 Å². The third kappa shape index (κ3) is 5.46. The number of rotatable bonds is 8. The minimum absolute atomic E-state index is 0.0288. The molecule has 0 fully saturated rings. The van der Waals surface area contributed by atoms with E-state index >= 15 is 0 Å². The number of nitrogens with zero attached hydrogens (tertiary/aromatic N) is 5. The topological polar surface area (TPSA) is 78.8 Å². The number of aryl methyl sites for hydroxylation is 2. The van der Waals surface area contributed by atoms with Gasteiger partial charge < -0.3 is 14.4 Å². The fraction of sp³-hybridized carbons (Fsp3) is 0.353. The number of benzene rings is 2. The molecule has 0 radical (unpaired) electrons. The lowest BCUT2D eigenvalue weighted by Gasteiger charge is -2.27. The molecule has 1 aliphatic rings. The highest BCUT2D eigenvalue weighted by Crippen LogP contribution is 2.39. The smallest absolute Gasteiger partial charge is 0.251 e. The van der Waals surface area contributed by atoms with Gasteiger partial charge in [0.15, 0.2) is 0 Å². The largest absolute Gasteiger partial charge is 0.313 e. The highest BCUT2D eigenvalue weighted by Gasteiger charge is 2.45. The number of fused-ring (bicyclic) bond motifs is 2. The number of para-hydroxylation sites is 1. The molecule has 3 heterocycles. The Morgan fingerprint density at radius 1 is 0.857 bits per heavy atom. The molecule has 218 valence electrons. The Hall–Kier alpha value is -4.30. The van der Waals surface area contributed by atoms with E-state index in [0.29, 0.717) is 32.7 Å². The van der Waals surface area contributed by atoms with Gasteiger partial charge in [0.1, 0.15) is 5.41 Å². The van der Waals surface area contributed by atoms with Gasteiger partial charge in [0.05, 0.1) is 16.9 Å². The maximum absolute atomic E-state index is 13.4. The lowest BCUT2D eigenvalue weighted by atomic mass is 9.90. The van der Waals surface area contributed by atoms with Crippen LogP contribution in [0.25, 0.3) is 10.9 Å². The van der Waals surface area contributed by atoms with E-state index in [1.807, 2.05) is 79.9 Å². The molecule has 2 aromatic heterocycles. The maximum Gasteiger partial charge on any atom is 0.251 e. The number of carbonyl (C=O) groups excluding carboxylic acids is 2. The van der Waals surface area contributed by atoms with E-state index in [9.17, 15) is 14.4 Å². The van der Waals surface area contributed by atoms with E-state index in [1.165, 1.54) is 0 Å². The van der Waals surface area contributed by atoms with Gasteiger partial charge in [0.2, 0.25) is 11.8 Å². The molecule has 0 atom stereocenters. The van der Waals surface area contributed by atoms with Crippen LogP contribution in [0.3, 0.4) is 0 Å². The van der Waals surface area contributed by atoms with E-state index in [1.54, 1.807) is 36.8 Å². The Bertz CT molecular complexity index is 1720. The molecule has 0 bridgehead atoms. The maximum atomic E-state index is 13.4. The predicted octanol–water partition coefficient (Wildman–Crippen LogP) is 5.07. The highest BCUT2D eigenvalue weighted by atomic mass is 16.2. The summed E-state index contributed by atoms with van der Waals surface area (Å²) in [6.45, 7) is 12.2. The standard InChI is InChI=1S/C34H39N5O3/c1-7-38-29-16-13-25(20-30(29)36(6)32(41)34(4,5)33(38)42)21-37(22-27-14-12-23(2)35-24(27)3)18-19-39-28-11-9-8-10-26(28)15-17-31(39)40/h8-17,20H,7,18-19,21-22H2,1-6H3. The first kappa shape index (κ1) is 29.2. The van der Waals surface area contributed by atoms with Crippen LogP contribution >= 0.6 is 0 Å². The van der Waals surface area contributed by atoms with Gasteiger partial charge in [-0.1, -0.05) is 30.3 Å². The first-order chi connectivity index (χ1) is 20.0. The second-order valence-corrected chi connectivity index (χ2v) is 11.7. The molecule has 0 N–H and O–H groups in total. The number of amides is 2. The summed E-state index contributed by atoms with van der Waals surface area (Å²) in [7, 11) is 1.74. The van der Waals surface area contributed by atoms with Crippen LogP contribution < -0.4 is 15.4 Å². The van der Waals surface area contributed by atoms with Gasteiger partial charge in [0.25, 0.3) is 5.56 Å². The van der Waals surface area contributed by atoms with Crippen LogP contribution in [0.5, 0.6) is 0 Å². The minimum atomic E-state index is -1.16. The first-order valence-corrected chi connectivity index (χ1v) is 14.5. The molecule has 2 amide bonds. The Kier molecular flexibility index (Phi) is 8.01. The summed E-state index contributed by atoms with van der Waals surface area (Å²) in [5, 5.41) is 1.03. The lowest BCUT2D eigenvalue weighted by molar-refractivity contribution is -0.137.